The van der Waals surface area contributed by atoms with Crippen LogP contribution in [0, 0.1) is 0 Å². The highest BCUT2D eigenvalue weighted by Crippen LogP contribution is 2.64. The monoisotopic (exact) mass is 866 g/mol. The molecule has 1 aromatic heterocycles. The third kappa shape index (κ3) is 6.34. The number of anilines is 3. The minimum absolute atomic E-state index is 0.623. The fourth-order valence-electron chi connectivity index (χ4n) is 10.7. The number of hydrogen-bond acceptors (Lipinski definition) is 4. The topological polar surface area (TPSA) is 41.9 Å². The zero-order valence-electron chi connectivity index (χ0n) is 37.0. The van der Waals surface area contributed by atoms with Gasteiger partial charge in [0.05, 0.1) is 16.8 Å². The molecule has 2 heterocycles. The number of aromatic nitrogens is 3. The van der Waals surface area contributed by atoms with E-state index in [9.17, 15) is 0 Å². The van der Waals surface area contributed by atoms with Gasteiger partial charge in [-0.05, 0) is 103 Å². The molecule has 0 radical (unpaired) electrons. The predicted molar refractivity (Wildman–Crippen MR) is 278 cm³/mol. The second kappa shape index (κ2) is 16.2. The van der Waals surface area contributed by atoms with Crippen molar-refractivity contribution in [3.63, 3.8) is 0 Å². The van der Waals surface area contributed by atoms with Crippen molar-refractivity contribution in [2.45, 2.75) is 5.41 Å². The molecule has 0 unspecified atom stereocenters. The minimum atomic E-state index is -0.672. The largest absolute Gasteiger partial charge is 0.310 e. The summed E-state index contributed by atoms with van der Waals surface area (Å²) in [5.74, 6) is 1.87. The molecule has 68 heavy (non-hydrogen) atoms. The van der Waals surface area contributed by atoms with E-state index in [0.717, 1.165) is 67.1 Å². The van der Waals surface area contributed by atoms with Crippen molar-refractivity contribution in [2.24, 2.45) is 0 Å². The Hall–Kier alpha value is -8.99. The molecule has 11 aromatic rings. The van der Waals surface area contributed by atoms with Crippen molar-refractivity contribution in [3.8, 4) is 78.7 Å². The zero-order chi connectivity index (χ0) is 45.0. The molecule has 0 amide bonds. The summed E-state index contributed by atoms with van der Waals surface area (Å²) >= 11 is 0. The van der Waals surface area contributed by atoms with Gasteiger partial charge in [-0.1, -0.05) is 218 Å². The molecule has 0 bridgehead atoms. The summed E-state index contributed by atoms with van der Waals surface area (Å²) in [4.78, 5) is 18.4. The highest BCUT2D eigenvalue weighted by Gasteiger charge is 2.52. The molecular formula is C64H42N4. The van der Waals surface area contributed by atoms with Gasteiger partial charge in [-0.3, -0.25) is 0 Å². The van der Waals surface area contributed by atoms with E-state index in [4.69, 9.17) is 15.0 Å². The molecule has 0 saturated carbocycles. The van der Waals surface area contributed by atoms with Crippen LogP contribution in [0.4, 0.5) is 17.1 Å². The molecular weight excluding hydrogens is 825 g/mol. The Morgan fingerprint density at radius 1 is 0.265 bits per heavy atom. The van der Waals surface area contributed by atoms with E-state index in [-0.39, 0.29) is 0 Å². The van der Waals surface area contributed by atoms with Gasteiger partial charge in [0, 0.05) is 22.4 Å². The third-order valence-corrected chi connectivity index (χ3v) is 13.7. The molecule has 10 aromatic carbocycles. The van der Waals surface area contributed by atoms with Crippen molar-refractivity contribution in [3.05, 3.63) is 277 Å². The Morgan fingerprint density at radius 3 is 1.31 bits per heavy atom. The minimum Gasteiger partial charge on any atom is -0.310 e. The van der Waals surface area contributed by atoms with Crippen LogP contribution in [0.2, 0.25) is 0 Å². The maximum absolute atomic E-state index is 5.42. The van der Waals surface area contributed by atoms with E-state index in [1.54, 1.807) is 0 Å². The lowest BCUT2D eigenvalue weighted by Crippen LogP contribution is -2.36. The summed E-state index contributed by atoms with van der Waals surface area (Å²) in [6.07, 6.45) is 0. The summed E-state index contributed by atoms with van der Waals surface area (Å²) in [7, 11) is 0. The molecule has 2 aliphatic rings. The fourth-order valence-corrected chi connectivity index (χ4v) is 10.7. The van der Waals surface area contributed by atoms with Crippen LogP contribution in [0.5, 0.6) is 0 Å². The van der Waals surface area contributed by atoms with E-state index in [1.807, 2.05) is 24.3 Å². The Morgan fingerprint density at radius 2 is 0.676 bits per heavy atom. The van der Waals surface area contributed by atoms with Gasteiger partial charge >= 0.3 is 0 Å². The van der Waals surface area contributed by atoms with Gasteiger partial charge in [-0.2, -0.15) is 0 Å². The van der Waals surface area contributed by atoms with Gasteiger partial charge in [0.1, 0.15) is 0 Å². The number of nitrogens with zero attached hydrogens (tertiary/aromatic N) is 4. The SMILES string of the molecule is c1ccc(-c2ccc(-c3nc(-c4ccccc4)nc(-c4cccc5c4-c4cc(-c6cccc(-c7ccccc7)c6)ccc4C54c5ccccc5N(c5ccccc5)c5ccccc54)n3)cc2)cc1. The lowest BCUT2D eigenvalue weighted by atomic mass is 9.64. The van der Waals surface area contributed by atoms with E-state index >= 15 is 0 Å². The summed E-state index contributed by atoms with van der Waals surface area (Å²) in [6, 6.07) is 91.3. The van der Waals surface area contributed by atoms with E-state index in [1.165, 1.54) is 33.4 Å². The molecule has 0 saturated heterocycles. The Balaban J connectivity index is 1.08. The highest BCUT2D eigenvalue weighted by molar-refractivity contribution is 6.00. The van der Waals surface area contributed by atoms with Crippen LogP contribution in [-0.2, 0) is 5.41 Å². The van der Waals surface area contributed by atoms with Crippen molar-refractivity contribution < 1.29 is 0 Å². The van der Waals surface area contributed by atoms with Crippen LogP contribution >= 0.6 is 0 Å². The lowest BCUT2D eigenvalue weighted by molar-refractivity contribution is 0.753. The molecule has 318 valence electrons. The molecule has 0 atom stereocenters. The summed E-state index contributed by atoms with van der Waals surface area (Å²) in [6.45, 7) is 0. The first-order chi connectivity index (χ1) is 33.7. The molecule has 13 rings (SSSR count). The quantitative estimate of drug-likeness (QED) is 0.160. The second-order valence-corrected chi connectivity index (χ2v) is 17.5. The summed E-state index contributed by atoms with van der Waals surface area (Å²) in [5.41, 5.74) is 19.7. The van der Waals surface area contributed by atoms with Gasteiger partial charge in [0.2, 0.25) is 0 Å². The molecule has 1 aliphatic heterocycles. The van der Waals surface area contributed by atoms with Crippen LogP contribution in [-0.4, -0.2) is 15.0 Å². The second-order valence-electron chi connectivity index (χ2n) is 17.5. The molecule has 4 heteroatoms. The van der Waals surface area contributed by atoms with Gasteiger partial charge < -0.3 is 4.90 Å². The Kier molecular flexibility index (Phi) is 9.36. The third-order valence-electron chi connectivity index (χ3n) is 13.7. The number of fused-ring (bicyclic) bond motifs is 9. The van der Waals surface area contributed by atoms with Crippen LogP contribution < -0.4 is 4.90 Å². The maximum Gasteiger partial charge on any atom is 0.164 e. The molecule has 0 N–H and O–H groups in total. The van der Waals surface area contributed by atoms with E-state index in [2.05, 4.69) is 235 Å². The van der Waals surface area contributed by atoms with Crippen molar-refractivity contribution >= 4 is 17.1 Å². The zero-order valence-corrected chi connectivity index (χ0v) is 37.0. The summed E-state index contributed by atoms with van der Waals surface area (Å²) in [5, 5.41) is 0. The highest BCUT2D eigenvalue weighted by atomic mass is 15.2. The lowest BCUT2D eigenvalue weighted by Gasteiger charge is -2.45. The Labute approximate surface area is 396 Å². The van der Waals surface area contributed by atoms with Crippen LogP contribution in [0.1, 0.15) is 22.3 Å². The average Bonchev–Trinajstić information content (AvgIpc) is 3.72. The fraction of sp³-hybridized carbons (Fsp3) is 0.0156. The van der Waals surface area contributed by atoms with Crippen molar-refractivity contribution in [1.29, 1.82) is 0 Å². The smallest absolute Gasteiger partial charge is 0.164 e. The number of rotatable bonds is 7. The molecule has 1 aliphatic carbocycles. The van der Waals surface area contributed by atoms with Crippen molar-refractivity contribution in [2.75, 3.05) is 4.90 Å². The standard InChI is InChI=1S/C64H42N4/c1-5-19-43(20-6-1)45-35-37-47(38-36-45)62-65-61(46-23-9-3-10-24-46)66-63(67-62)52-29-18-32-57-60(52)53-42-50(49-26-17-25-48(41-49)44-21-7-2-8-22-44)39-40-54(53)64(57)55-30-13-15-33-58(55)68(51-27-11-4-12-28-51)59-34-16-14-31-56(59)64/h1-42H. The normalized spacial score (nSPS) is 12.8. The summed E-state index contributed by atoms with van der Waals surface area (Å²) < 4.78 is 0. The van der Waals surface area contributed by atoms with E-state index in [0.29, 0.717) is 17.5 Å². The molecule has 4 nitrogen and oxygen atoms in total. The maximum atomic E-state index is 5.42. The van der Waals surface area contributed by atoms with Crippen molar-refractivity contribution in [1.82, 2.24) is 15.0 Å². The van der Waals surface area contributed by atoms with Gasteiger partial charge in [0.25, 0.3) is 0 Å². The van der Waals surface area contributed by atoms with Gasteiger partial charge in [-0.15, -0.1) is 0 Å². The number of hydrogen-bond donors (Lipinski definition) is 0. The number of benzene rings is 10. The molecule has 1 spiro atoms. The van der Waals surface area contributed by atoms with Gasteiger partial charge in [-0.25, -0.2) is 15.0 Å². The van der Waals surface area contributed by atoms with E-state index < -0.39 is 5.41 Å². The van der Waals surface area contributed by atoms with Crippen LogP contribution in [0.3, 0.4) is 0 Å². The van der Waals surface area contributed by atoms with Crippen LogP contribution in [0.25, 0.3) is 78.7 Å². The Bertz CT molecular complexity index is 3620. The average molecular weight is 867 g/mol. The first kappa shape index (κ1) is 39.4. The van der Waals surface area contributed by atoms with Gasteiger partial charge in [0.15, 0.2) is 17.5 Å². The first-order valence-corrected chi connectivity index (χ1v) is 23.2. The predicted octanol–water partition coefficient (Wildman–Crippen LogP) is 16.0. The first-order valence-electron chi connectivity index (χ1n) is 23.2. The van der Waals surface area contributed by atoms with Crippen LogP contribution in [0.15, 0.2) is 255 Å². The molecule has 0 fully saturated rings. The number of para-hydroxylation sites is 3.